The third-order valence-corrected chi connectivity index (χ3v) is 6.48. The van der Waals surface area contributed by atoms with Crippen molar-refractivity contribution in [3.8, 4) is 23.7 Å². The Kier molecular flexibility index (Phi) is 4.12. The molecule has 1 saturated carbocycles. The largest absolute Gasteiger partial charge is 0.458 e. The van der Waals surface area contributed by atoms with Gasteiger partial charge in [-0.25, -0.2) is 0 Å². The molecule has 7 nitrogen and oxygen atoms in total. The first kappa shape index (κ1) is 19.5. The third kappa shape index (κ3) is 2.54. The average molecular weight is 417 g/mol. The summed E-state index contributed by atoms with van der Waals surface area (Å²) in [6.07, 6.45) is 6.15. The fourth-order valence-corrected chi connectivity index (χ4v) is 5.39. The van der Waals surface area contributed by atoms with Crippen molar-refractivity contribution in [1.29, 1.82) is 0 Å². The Hall–Kier alpha value is -3.42. The second-order valence-corrected chi connectivity index (χ2v) is 8.17. The number of carbonyl (C=O) groups is 3. The maximum Gasteiger partial charge on any atom is 0.303 e. The lowest BCUT2D eigenvalue weighted by atomic mass is 9.57. The van der Waals surface area contributed by atoms with Gasteiger partial charge in [0.25, 0.3) is 0 Å². The molecule has 2 aliphatic heterocycles. The summed E-state index contributed by atoms with van der Waals surface area (Å²) in [4.78, 5) is 41.0. The van der Waals surface area contributed by atoms with E-state index in [-0.39, 0.29) is 5.78 Å². The monoisotopic (exact) mass is 417 g/mol. The van der Waals surface area contributed by atoms with Crippen molar-refractivity contribution in [3.63, 3.8) is 0 Å². The summed E-state index contributed by atoms with van der Waals surface area (Å²) < 4.78 is 17.9. The normalized spacial score (nSPS) is 41.4. The van der Waals surface area contributed by atoms with Crippen molar-refractivity contribution >= 4 is 23.4 Å². The van der Waals surface area contributed by atoms with E-state index in [1.165, 1.54) is 26.0 Å². The number of rotatable bonds is 2. The van der Waals surface area contributed by atoms with Crippen LogP contribution in [-0.2, 0) is 28.6 Å². The number of nitrogens with zero attached hydrogens (tertiary/aromatic N) is 1. The number of esters is 2. The minimum absolute atomic E-state index is 0.185. The van der Waals surface area contributed by atoms with Gasteiger partial charge >= 0.3 is 11.9 Å². The van der Waals surface area contributed by atoms with Crippen molar-refractivity contribution in [2.45, 2.75) is 50.2 Å². The zero-order valence-corrected chi connectivity index (χ0v) is 17.2. The molecule has 0 unspecified atom stereocenters. The predicted molar refractivity (Wildman–Crippen MR) is 108 cm³/mol. The number of carbonyl (C=O) groups excluding carboxylic acids is 3. The van der Waals surface area contributed by atoms with Crippen LogP contribution in [0.25, 0.3) is 0 Å². The topological polar surface area (TPSA) is 94.6 Å². The Bertz CT molecular complexity index is 1170. The molecule has 0 aromatic heterocycles. The summed E-state index contributed by atoms with van der Waals surface area (Å²) in [6, 6.07) is -0.573. The van der Waals surface area contributed by atoms with E-state index in [2.05, 4.69) is 23.7 Å². The smallest absolute Gasteiger partial charge is 0.303 e. The molecule has 2 heterocycles. The molecule has 7 heteroatoms. The molecule has 0 spiro atoms. The van der Waals surface area contributed by atoms with Gasteiger partial charge in [0, 0.05) is 25.3 Å². The molecule has 0 radical (unpaired) electrons. The van der Waals surface area contributed by atoms with Gasteiger partial charge in [0.15, 0.2) is 11.9 Å². The second kappa shape index (κ2) is 6.54. The van der Waals surface area contributed by atoms with Crippen molar-refractivity contribution in [1.82, 2.24) is 0 Å². The molecule has 4 bridgehead atoms. The zero-order valence-electron chi connectivity index (χ0n) is 17.2. The van der Waals surface area contributed by atoms with Crippen molar-refractivity contribution in [2.75, 3.05) is 0 Å². The van der Waals surface area contributed by atoms with E-state index in [1.807, 2.05) is 6.92 Å². The second-order valence-electron chi connectivity index (χ2n) is 8.17. The van der Waals surface area contributed by atoms with E-state index in [0.29, 0.717) is 11.3 Å². The van der Waals surface area contributed by atoms with Crippen LogP contribution in [0.5, 0.6) is 0 Å². The predicted octanol–water partition coefficient (Wildman–Crippen LogP) is 1.09. The van der Waals surface area contributed by atoms with Crippen LogP contribution >= 0.6 is 0 Å². The van der Waals surface area contributed by atoms with Crippen LogP contribution in [-0.4, -0.2) is 52.9 Å². The number of allylic oxidation sites excluding steroid dienone is 5. The maximum atomic E-state index is 12.3. The number of ether oxygens (including phenoxy) is 3. The molecule has 0 amide bonds. The SMILES string of the molecule is CC(=O)O[C@@H]1[C@H](OC(C)=O)[C@@H]2C#C/C=C\C#C[C@@H]3N=C4C=CC(=O)C=C4[C@]24O[C@@]34[C@H]1C. The van der Waals surface area contributed by atoms with Gasteiger partial charge in [-0.15, -0.1) is 0 Å². The maximum absolute atomic E-state index is 12.3. The molecule has 0 aromatic rings. The van der Waals surface area contributed by atoms with Gasteiger partial charge in [0.05, 0.1) is 11.6 Å². The minimum Gasteiger partial charge on any atom is -0.458 e. The van der Waals surface area contributed by atoms with Crippen LogP contribution in [0.1, 0.15) is 20.8 Å². The summed E-state index contributed by atoms with van der Waals surface area (Å²) in [6.45, 7) is 4.47. The average Bonchev–Trinajstić information content (AvgIpc) is 3.42. The third-order valence-electron chi connectivity index (χ3n) is 6.48. The Morgan fingerprint density at radius 3 is 2.45 bits per heavy atom. The summed E-state index contributed by atoms with van der Waals surface area (Å²) in [5.74, 6) is 9.86. The van der Waals surface area contributed by atoms with E-state index in [9.17, 15) is 14.4 Å². The fourth-order valence-electron chi connectivity index (χ4n) is 5.39. The first-order chi connectivity index (χ1) is 14.8. The molecule has 1 saturated heterocycles. The van der Waals surface area contributed by atoms with Gasteiger partial charge in [-0.1, -0.05) is 30.6 Å². The number of epoxide rings is 1. The molecule has 2 fully saturated rings. The van der Waals surface area contributed by atoms with Crippen molar-refractivity contribution in [2.24, 2.45) is 16.8 Å². The van der Waals surface area contributed by atoms with Crippen LogP contribution in [0.3, 0.4) is 0 Å². The molecular formula is C24H19NO6. The molecule has 5 aliphatic rings. The first-order valence-electron chi connectivity index (χ1n) is 10.1. The summed E-state index contributed by atoms with van der Waals surface area (Å²) >= 11 is 0. The van der Waals surface area contributed by atoms with E-state index in [4.69, 9.17) is 19.2 Å². The van der Waals surface area contributed by atoms with Crippen LogP contribution in [0.15, 0.2) is 40.9 Å². The van der Waals surface area contributed by atoms with Crippen molar-refractivity contribution < 1.29 is 28.6 Å². The molecule has 7 atom stereocenters. The number of fused-ring (bicyclic) bond motifs is 1. The molecule has 156 valence electrons. The fraction of sp³-hybridized carbons (Fsp3) is 0.417. The summed E-state index contributed by atoms with van der Waals surface area (Å²) in [5, 5.41) is 0. The zero-order chi connectivity index (χ0) is 22.0. The van der Waals surface area contributed by atoms with Gasteiger partial charge in [-0.3, -0.25) is 19.4 Å². The summed E-state index contributed by atoms with van der Waals surface area (Å²) in [5.41, 5.74) is -0.824. The van der Waals surface area contributed by atoms with Crippen molar-refractivity contribution in [3.05, 3.63) is 36.0 Å². The Morgan fingerprint density at radius 1 is 1.06 bits per heavy atom. The van der Waals surface area contributed by atoms with E-state index < -0.39 is 53.2 Å². The summed E-state index contributed by atoms with van der Waals surface area (Å²) in [7, 11) is 0. The van der Waals surface area contributed by atoms with Gasteiger partial charge in [-0.05, 0) is 30.4 Å². The lowest BCUT2D eigenvalue weighted by Gasteiger charge is -2.47. The standard InChI is InChI=1S/C24H19NO6/c1-13-21(29-14(2)26)22(30-15(3)27)17-8-6-4-5-7-9-20-23(13)24(17,31-23)18-12-16(28)10-11-19(18)25-20/h4-5,10-13,17,20-22H,1-3H3/b5-4-/t13-,17-,20-,21-,22+,23-,24+/m0/s1. The minimum atomic E-state index is -1.06. The molecule has 31 heavy (non-hydrogen) atoms. The number of hydrogen-bond donors (Lipinski definition) is 0. The van der Waals surface area contributed by atoms with Gasteiger partial charge < -0.3 is 14.2 Å². The van der Waals surface area contributed by atoms with Gasteiger partial charge in [-0.2, -0.15) is 0 Å². The molecule has 0 N–H and O–H groups in total. The van der Waals surface area contributed by atoms with E-state index >= 15 is 0 Å². The highest BCUT2D eigenvalue weighted by Gasteiger charge is 2.87. The number of ketones is 1. The Balaban J connectivity index is 1.78. The first-order valence-corrected chi connectivity index (χ1v) is 10.1. The lowest BCUT2D eigenvalue weighted by Crippen LogP contribution is -2.64. The lowest BCUT2D eigenvalue weighted by molar-refractivity contribution is -0.179. The van der Waals surface area contributed by atoms with Crippen LogP contribution in [0.2, 0.25) is 0 Å². The molecular weight excluding hydrogens is 398 g/mol. The Labute approximate surface area is 179 Å². The van der Waals surface area contributed by atoms with Gasteiger partial charge in [0.1, 0.15) is 23.3 Å². The van der Waals surface area contributed by atoms with E-state index in [1.54, 1.807) is 18.2 Å². The van der Waals surface area contributed by atoms with Crippen LogP contribution in [0, 0.1) is 35.5 Å². The number of aliphatic imine (C=N–C) groups is 1. The highest BCUT2D eigenvalue weighted by Crippen LogP contribution is 2.70. The highest BCUT2D eigenvalue weighted by molar-refractivity contribution is 6.22. The van der Waals surface area contributed by atoms with Crippen LogP contribution < -0.4 is 0 Å². The highest BCUT2D eigenvalue weighted by atomic mass is 16.7. The molecule has 0 aromatic carbocycles. The molecule has 3 aliphatic carbocycles. The quantitative estimate of drug-likeness (QED) is 0.289. The molecule has 5 rings (SSSR count). The van der Waals surface area contributed by atoms with Crippen LogP contribution in [0.4, 0.5) is 0 Å². The number of hydrogen-bond acceptors (Lipinski definition) is 7. The van der Waals surface area contributed by atoms with Gasteiger partial charge in [0.2, 0.25) is 0 Å². The Morgan fingerprint density at radius 2 is 1.74 bits per heavy atom. The van der Waals surface area contributed by atoms with E-state index in [0.717, 1.165) is 0 Å².